The largest absolute Gasteiger partial charge is 0.458 e. The van der Waals surface area contributed by atoms with Gasteiger partial charge < -0.3 is 9.47 Å². The minimum Gasteiger partial charge on any atom is -0.458 e. The molecule has 4 heteroatoms. The first-order chi connectivity index (χ1) is 16.4. The van der Waals surface area contributed by atoms with E-state index in [-0.39, 0.29) is 23.5 Å². The number of rotatable bonds is 5. The summed E-state index contributed by atoms with van der Waals surface area (Å²) in [5.41, 5.74) is -0.941. The monoisotopic (exact) mass is 466 g/mol. The molecule has 34 heavy (non-hydrogen) atoms. The van der Waals surface area contributed by atoms with Gasteiger partial charge in [-0.1, -0.05) is 44.6 Å². The quantitative estimate of drug-likeness (QED) is 0.274. The number of esters is 2. The Hall–Kier alpha value is -1.76. The molecule has 186 valence electrons. The summed E-state index contributed by atoms with van der Waals surface area (Å²) in [6.07, 6.45) is 24.5. The van der Waals surface area contributed by atoms with Gasteiger partial charge in [0.2, 0.25) is 0 Å². The summed E-state index contributed by atoms with van der Waals surface area (Å²) in [5, 5.41) is 0. The van der Waals surface area contributed by atoms with Crippen LogP contribution in [0.25, 0.3) is 0 Å². The number of allylic oxidation sites excluding steroid dienone is 1. The van der Waals surface area contributed by atoms with E-state index < -0.39 is 5.60 Å². The molecule has 0 bridgehead atoms. The van der Waals surface area contributed by atoms with Crippen molar-refractivity contribution in [3.63, 3.8) is 0 Å². The van der Waals surface area contributed by atoms with Gasteiger partial charge in [0.05, 0.1) is 0 Å². The van der Waals surface area contributed by atoms with Crippen LogP contribution in [0, 0.1) is 53.3 Å². The Balaban J connectivity index is 1.30. The molecule has 5 aliphatic carbocycles. The van der Waals surface area contributed by atoms with E-state index in [1.165, 1.54) is 45.4 Å². The fraction of sp³-hybridized carbons (Fsp3) is 0.800. The summed E-state index contributed by atoms with van der Waals surface area (Å²) in [6.45, 7) is 3.75. The van der Waals surface area contributed by atoms with Crippen LogP contribution in [0.4, 0.5) is 0 Å². The molecule has 4 fully saturated rings. The lowest BCUT2D eigenvalue weighted by Gasteiger charge is -2.57. The molecule has 5 aliphatic rings. The van der Waals surface area contributed by atoms with E-state index in [1.807, 2.05) is 0 Å². The zero-order chi connectivity index (χ0) is 23.9. The minimum atomic E-state index is -0.774. The van der Waals surface area contributed by atoms with Crippen molar-refractivity contribution >= 4 is 11.9 Å². The van der Waals surface area contributed by atoms with Crippen molar-refractivity contribution in [1.82, 2.24) is 0 Å². The Morgan fingerprint density at radius 3 is 2.59 bits per heavy atom. The maximum absolute atomic E-state index is 12.8. The van der Waals surface area contributed by atoms with Gasteiger partial charge in [-0.3, -0.25) is 9.59 Å². The molecule has 0 spiro atoms. The number of ether oxygens (including phenoxy) is 2. The topological polar surface area (TPSA) is 52.6 Å². The third kappa shape index (κ3) is 4.02. The number of hydrogen-bond acceptors (Lipinski definition) is 4. The van der Waals surface area contributed by atoms with Crippen molar-refractivity contribution in [2.24, 2.45) is 40.9 Å². The summed E-state index contributed by atoms with van der Waals surface area (Å²) < 4.78 is 12.1. The Morgan fingerprint density at radius 1 is 1.06 bits per heavy atom. The van der Waals surface area contributed by atoms with Gasteiger partial charge in [-0.15, -0.1) is 6.42 Å². The highest BCUT2D eigenvalue weighted by Crippen LogP contribution is 2.66. The fourth-order valence-electron chi connectivity index (χ4n) is 9.09. The van der Waals surface area contributed by atoms with Gasteiger partial charge >= 0.3 is 11.9 Å². The van der Waals surface area contributed by atoms with Gasteiger partial charge in [0.15, 0.2) is 5.60 Å². The first-order valence-corrected chi connectivity index (χ1v) is 13.9. The summed E-state index contributed by atoms with van der Waals surface area (Å²) in [5.74, 6) is 6.00. The predicted octanol–water partition coefficient (Wildman–Crippen LogP) is 6.23. The van der Waals surface area contributed by atoms with Crippen LogP contribution < -0.4 is 0 Å². The molecule has 0 heterocycles. The van der Waals surface area contributed by atoms with E-state index in [2.05, 4.69) is 25.0 Å². The first kappa shape index (κ1) is 24.0. The van der Waals surface area contributed by atoms with Crippen molar-refractivity contribution in [2.75, 3.05) is 0 Å². The summed E-state index contributed by atoms with van der Waals surface area (Å²) in [4.78, 5) is 24.8. The van der Waals surface area contributed by atoms with Crippen LogP contribution in [0.5, 0.6) is 0 Å². The van der Waals surface area contributed by atoms with Crippen molar-refractivity contribution in [3.05, 3.63) is 12.2 Å². The second-order valence-electron chi connectivity index (χ2n) is 12.2. The zero-order valence-corrected chi connectivity index (χ0v) is 21.1. The van der Waals surface area contributed by atoms with E-state index in [0.717, 1.165) is 38.5 Å². The van der Waals surface area contributed by atoms with Crippen molar-refractivity contribution < 1.29 is 19.1 Å². The molecule has 8 atom stereocenters. The van der Waals surface area contributed by atoms with E-state index in [4.69, 9.17) is 15.9 Å². The lowest BCUT2D eigenvalue weighted by molar-refractivity contribution is -0.172. The van der Waals surface area contributed by atoms with Crippen LogP contribution in [-0.2, 0) is 19.1 Å². The molecular weight excluding hydrogens is 424 g/mol. The average molecular weight is 467 g/mol. The Bertz CT molecular complexity index is 864. The third-order valence-electron chi connectivity index (χ3n) is 10.7. The molecule has 0 N–H and O–H groups in total. The predicted molar refractivity (Wildman–Crippen MR) is 131 cm³/mol. The maximum Gasteiger partial charge on any atom is 0.306 e. The molecule has 0 saturated heterocycles. The summed E-state index contributed by atoms with van der Waals surface area (Å²) in [6, 6.07) is 0. The maximum atomic E-state index is 12.8. The van der Waals surface area contributed by atoms with Crippen molar-refractivity contribution in [1.29, 1.82) is 0 Å². The van der Waals surface area contributed by atoms with Crippen LogP contribution in [0.1, 0.15) is 97.3 Å². The van der Waals surface area contributed by atoms with Crippen LogP contribution in [-0.4, -0.2) is 23.6 Å². The minimum absolute atomic E-state index is 0.00737. The van der Waals surface area contributed by atoms with E-state index >= 15 is 0 Å². The summed E-state index contributed by atoms with van der Waals surface area (Å²) in [7, 11) is 0. The van der Waals surface area contributed by atoms with Crippen LogP contribution >= 0.6 is 0 Å². The molecule has 0 aromatic carbocycles. The molecule has 5 rings (SSSR count). The van der Waals surface area contributed by atoms with E-state index in [0.29, 0.717) is 41.9 Å². The SMILES string of the molecule is C#C[C@]1(OC(C)=O)CC[C@H]2[C@@H]3CC[C@@H]4CC=CC(OC(=O)CCC5CCCC5)C4[C@H]3CC[C@@]21C. The van der Waals surface area contributed by atoms with Gasteiger partial charge in [-0.2, -0.15) is 0 Å². The Morgan fingerprint density at radius 2 is 1.85 bits per heavy atom. The number of fused-ring (bicyclic) bond motifs is 5. The number of hydrogen-bond donors (Lipinski definition) is 0. The highest BCUT2D eigenvalue weighted by molar-refractivity contribution is 5.69. The van der Waals surface area contributed by atoms with Gasteiger partial charge in [0, 0.05) is 24.7 Å². The zero-order valence-electron chi connectivity index (χ0n) is 21.1. The number of carbonyl (C=O) groups is 2. The molecule has 4 saturated carbocycles. The second-order valence-corrected chi connectivity index (χ2v) is 12.2. The van der Waals surface area contributed by atoms with Crippen molar-refractivity contribution in [3.8, 4) is 12.3 Å². The van der Waals surface area contributed by atoms with Gasteiger partial charge in [0.25, 0.3) is 0 Å². The molecule has 0 radical (unpaired) electrons. The lowest BCUT2D eigenvalue weighted by Crippen LogP contribution is -2.55. The highest BCUT2D eigenvalue weighted by atomic mass is 16.6. The molecule has 0 aromatic heterocycles. The van der Waals surface area contributed by atoms with Gasteiger partial charge in [-0.25, -0.2) is 0 Å². The van der Waals surface area contributed by atoms with Crippen LogP contribution in [0.2, 0.25) is 0 Å². The van der Waals surface area contributed by atoms with Crippen LogP contribution in [0.15, 0.2) is 12.2 Å². The molecular formula is C30H42O4. The number of carbonyl (C=O) groups excluding carboxylic acids is 2. The third-order valence-corrected chi connectivity index (χ3v) is 10.7. The van der Waals surface area contributed by atoms with Gasteiger partial charge in [0.1, 0.15) is 6.10 Å². The van der Waals surface area contributed by atoms with Crippen LogP contribution in [0.3, 0.4) is 0 Å². The fourth-order valence-corrected chi connectivity index (χ4v) is 9.09. The standard InChI is InChI=1S/C30H42O4/c1-4-30(34-20(2)31)19-17-25-23-14-13-22-10-7-11-26(28(22)24(23)16-18-29(25,30)3)33-27(32)15-12-21-8-5-6-9-21/h1,7,11,21-26,28H,5-6,8-10,12-19H2,2-3H3/t22-,23+,24-,25-,26?,28?,29-,30-/m0/s1. The molecule has 0 aliphatic heterocycles. The molecule has 0 amide bonds. The second kappa shape index (κ2) is 9.36. The Kier molecular flexibility index (Phi) is 6.60. The van der Waals surface area contributed by atoms with Gasteiger partial charge in [-0.05, 0) is 87.0 Å². The first-order valence-electron chi connectivity index (χ1n) is 13.9. The smallest absolute Gasteiger partial charge is 0.306 e. The normalized spacial score (nSPS) is 43.3. The molecule has 0 aromatic rings. The molecule has 4 nitrogen and oxygen atoms in total. The average Bonchev–Trinajstić information content (AvgIpc) is 3.44. The number of terminal acetylenes is 1. The van der Waals surface area contributed by atoms with E-state index in [9.17, 15) is 9.59 Å². The lowest BCUT2D eigenvalue weighted by atomic mass is 9.49. The van der Waals surface area contributed by atoms with Crippen molar-refractivity contribution in [2.45, 2.75) is 109 Å². The van der Waals surface area contributed by atoms with E-state index in [1.54, 1.807) is 0 Å². The highest BCUT2D eigenvalue weighted by Gasteiger charge is 2.65. The molecule has 2 unspecified atom stereocenters. The Labute approximate surface area is 205 Å². The summed E-state index contributed by atoms with van der Waals surface area (Å²) >= 11 is 0.